The van der Waals surface area contributed by atoms with Crippen molar-refractivity contribution in [1.29, 1.82) is 0 Å². The minimum atomic E-state index is 0.171. The van der Waals surface area contributed by atoms with E-state index in [2.05, 4.69) is 46.9 Å². The molecule has 0 saturated carbocycles. The van der Waals surface area contributed by atoms with Gasteiger partial charge in [-0.15, -0.1) is 0 Å². The molecule has 1 aromatic rings. The van der Waals surface area contributed by atoms with Crippen LogP contribution in [0.1, 0.15) is 43.7 Å². The summed E-state index contributed by atoms with van der Waals surface area (Å²) >= 11 is 2.36. The van der Waals surface area contributed by atoms with Crippen molar-refractivity contribution in [2.75, 3.05) is 6.61 Å². The zero-order chi connectivity index (χ0) is 12.1. The van der Waals surface area contributed by atoms with Gasteiger partial charge in [0.15, 0.2) is 0 Å². The van der Waals surface area contributed by atoms with Crippen molar-refractivity contribution in [2.24, 2.45) is 5.73 Å². The molecule has 1 aromatic carbocycles. The first kappa shape index (κ1) is 13.3. The molecule has 94 valence electrons. The fourth-order valence-electron chi connectivity index (χ4n) is 2.37. The lowest BCUT2D eigenvalue weighted by Crippen LogP contribution is -2.13. The Morgan fingerprint density at radius 2 is 2.24 bits per heavy atom. The Balaban J connectivity index is 1.77. The van der Waals surface area contributed by atoms with Gasteiger partial charge in [-0.3, -0.25) is 0 Å². The fraction of sp³-hybridized carbons (Fsp3) is 0.571. The zero-order valence-electron chi connectivity index (χ0n) is 10.1. The van der Waals surface area contributed by atoms with Crippen molar-refractivity contribution >= 4 is 22.6 Å². The molecular weight excluding hydrogens is 325 g/mol. The minimum absolute atomic E-state index is 0.171. The Morgan fingerprint density at radius 3 is 2.94 bits per heavy atom. The quantitative estimate of drug-likeness (QED) is 0.827. The summed E-state index contributed by atoms with van der Waals surface area (Å²) in [5.41, 5.74) is 7.51. The summed E-state index contributed by atoms with van der Waals surface area (Å²) in [5.74, 6) is 0. The van der Waals surface area contributed by atoms with E-state index >= 15 is 0 Å². The average Bonchev–Trinajstić information content (AvgIpc) is 2.82. The maximum absolute atomic E-state index is 6.23. The highest BCUT2D eigenvalue weighted by Crippen LogP contribution is 2.24. The van der Waals surface area contributed by atoms with Crippen LogP contribution >= 0.6 is 22.6 Å². The molecule has 0 bridgehead atoms. The maximum atomic E-state index is 6.23. The van der Waals surface area contributed by atoms with Crippen molar-refractivity contribution in [1.82, 2.24) is 0 Å². The van der Waals surface area contributed by atoms with Gasteiger partial charge in [0.25, 0.3) is 0 Å². The molecule has 0 spiro atoms. The lowest BCUT2D eigenvalue weighted by Gasteiger charge is -2.15. The molecule has 0 aromatic heterocycles. The molecule has 1 aliphatic heterocycles. The Kier molecular flexibility index (Phi) is 5.25. The summed E-state index contributed by atoms with van der Waals surface area (Å²) in [5, 5.41) is 0. The van der Waals surface area contributed by atoms with Gasteiger partial charge >= 0.3 is 0 Å². The smallest absolute Gasteiger partial charge is 0.0576 e. The van der Waals surface area contributed by atoms with Crippen molar-refractivity contribution < 1.29 is 4.74 Å². The maximum Gasteiger partial charge on any atom is 0.0576 e. The van der Waals surface area contributed by atoms with Gasteiger partial charge in [0.1, 0.15) is 0 Å². The van der Waals surface area contributed by atoms with Crippen LogP contribution in [0, 0.1) is 3.57 Å². The van der Waals surface area contributed by atoms with Crippen molar-refractivity contribution in [3.63, 3.8) is 0 Å². The summed E-state index contributed by atoms with van der Waals surface area (Å²) in [6, 6.07) is 8.56. The third-order valence-corrected chi connectivity index (χ3v) is 4.35. The van der Waals surface area contributed by atoms with Gasteiger partial charge in [-0.05, 0) is 66.3 Å². The van der Waals surface area contributed by atoms with Crippen LogP contribution in [0.3, 0.4) is 0 Å². The monoisotopic (exact) mass is 345 g/mol. The third-order valence-electron chi connectivity index (χ3n) is 3.37. The molecule has 2 atom stereocenters. The number of halogens is 1. The van der Waals surface area contributed by atoms with E-state index in [1.54, 1.807) is 0 Å². The molecular formula is C14H20INO. The summed E-state index contributed by atoms with van der Waals surface area (Å²) in [6.07, 6.45) is 6.34. The number of ether oxygens (including phenoxy) is 1. The molecule has 1 heterocycles. The van der Waals surface area contributed by atoms with Gasteiger partial charge in [-0.2, -0.15) is 0 Å². The molecule has 1 aliphatic rings. The Morgan fingerprint density at radius 1 is 1.41 bits per heavy atom. The van der Waals surface area contributed by atoms with E-state index in [0.717, 1.165) is 25.9 Å². The summed E-state index contributed by atoms with van der Waals surface area (Å²) in [7, 11) is 0. The second-order valence-electron chi connectivity index (χ2n) is 4.69. The molecule has 0 aliphatic carbocycles. The van der Waals surface area contributed by atoms with E-state index in [-0.39, 0.29) is 6.04 Å². The van der Waals surface area contributed by atoms with E-state index in [9.17, 15) is 0 Å². The third kappa shape index (κ3) is 3.93. The van der Waals surface area contributed by atoms with Crippen LogP contribution in [-0.4, -0.2) is 12.7 Å². The van der Waals surface area contributed by atoms with Crippen LogP contribution in [-0.2, 0) is 4.74 Å². The molecule has 2 rings (SSSR count). The normalized spacial score (nSPS) is 21.6. The highest BCUT2D eigenvalue weighted by Gasteiger charge is 2.16. The molecule has 2 N–H and O–H groups in total. The van der Waals surface area contributed by atoms with Crippen molar-refractivity contribution in [2.45, 2.75) is 44.2 Å². The second-order valence-corrected chi connectivity index (χ2v) is 5.86. The first-order valence-corrected chi connectivity index (χ1v) is 7.47. The van der Waals surface area contributed by atoms with Crippen LogP contribution in [0.4, 0.5) is 0 Å². The molecule has 3 heteroatoms. The summed E-state index contributed by atoms with van der Waals surface area (Å²) in [6.45, 7) is 0.952. The van der Waals surface area contributed by atoms with Crippen molar-refractivity contribution in [3.8, 4) is 0 Å². The molecule has 1 saturated heterocycles. The first-order valence-electron chi connectivity index (χ1n) is 6.39. The van der Waals surface area contributed by atoms with Crippen LogP contribution in [0.2, 0.25) is 0 Å². The van der Waals surface area contributed by atoms with Gasteiger partial charge in [-0.1, -0.05) is 18.2 Å². The minimum Gasteiger partial charge on any atom is -0.378 e. The largest absolute Gasteiger partial charge is 0.378 e. The zero-order valence-corrected chi connectivity index (χ0v) is 12.2. The van der Waals surface area contributed by atoms with E-state index < -0.39 is 0 Å². The molecule has 0 amide bonds. The Labute approximate surface area is 117 Å². The predicted octanol–water partition coefficient (Wildman–Crippen LogP) is 3.64. The fourth-order valence-corrected chi connectivity index (χ4v) is 3.16. The SMILES string of the molecule is NC(CCCC1CCCO1)c1ccccc1I. The number of hydrogen-bond acceptors (Lipinski definition) is 2. The van der Waals surface area contributed by atoms with E-state index in [1.807, 2.05) is 0 Å². The molecule has 1 fully saturated rings. The van der Waals surface area contributed by atoms with Gasteiger partial charge < -0.3 is 10.5 Å². The van der Waals surface area contributed by atoms with Crippen LogP contribution < -0.4 is 5.73 Å². The molecule has 2 unspecified atom stereocenters. The highest BCUT2D eigenvalue weighted by molar-refractivity contribution is 14.1. The van der Waals surface area contributed by atoms with Gasteiger partial charge in [-0.25, -0.2) is 0 Å². The van der Waals surface area contributed by atoms with Gasteiger partial charge in [0.05, 0.1) is 6.10 Å². The van der Waals surface area contributed by atoms with E-state index in [0.29, 0.717) is 6.10 Å². The second kappa shape index (κ2) is 6.71. The number of nitrogens with two attached hydrogens (primary N) is 1. The van der Waals surface area contributed by atoms with Crippen LogP contribution in [0.15, 0.2) is 24.3 Å². The standard InChI is InChI=1S/C14H20INO/c15-13-8-2-1-7-12(13)14(16)9-3-5-11-6-4-10-17-11/h1-2,7-8,11,14H,3-6,9-10,16H2. The van der Waals surface area contributed by atoms with Gasteiger partial charge in [0, 0.05) is 16.2 Å². The van der Waals surface area contributed by atoms with Gasteiger partial charge in [0.2, 0.25) is 0 Å². The lowest BCUT2D eigenvalue weighted by atomic mass is 10.0. The lowest BCUT2D eigenvalue weighted by molar-refractivity contribution is 0.101. The van der Waals surface area contributed by atoms with Crippen molar-refractivity contribution in [3.05, 3.63) is 33.4 Å². The predicted molar refractivity (Wildman–Crippen MR) is 78.9 cm³/mol. The van der Waals surface area contributed by atoms with E-state index in [1.165, 1.54) is 22.0 Å². The number of rotatable bonds is 5. The number of benzene rings is 1. The topological polar surface area (TPSA) is 35.2 Å². The Hall–Kier alpha value is -0.130. The van der Waals surface area contributed by atoms with Crippen LogP contribution in [0.25, 0.3) is 0 Å². The average molecular weight is 345 g/mol. The van der Waals surface area contributed by atoms with Crippen LogP contribution in [0.5, 0.6) is 0 Å². The molecule has 2 nitrogen and oxygen atoms in total. The highest BCUT2D eigenvalue weighted by atomic mass is 127. The summed E-state index contributed by atoms with van der Waals surface area (Å²) < 4.78 is 6.89. The first-order chi connectivity index (χ1) is 8.27. The molecule has 17 heavy (non-hydrogen) atoms. The number of hydrogen-bond donors (Lipinski definition) is 1. The summed E-state index contributed by atoms with van der Waals surface area (Å²) in [4.78, 5) is 0. The Bertz CT molecular complexity index is 350. The van der Waals surface area contributed by atoms with E-state index in [4.69, 9.17) is 10.5 Å². The molecule has 0 radical (unpaired) electrons.